The van der Waals surface area contributed by atoms with E-state index in [9.17, 15) is 0 Å². The van der Waals surface area contributed by atoms with Crippen LogP contribution in [-0.2, 0) is 4.84 Å². The van der Waals surface area contributed by atoms with E-state index in [0.29, 0.717) is 13.2 Å². The van der Waals surface area contributed by atoms with Gasteiger partial charge in [-0.15, -0.1) is 0 Å². The van der Waals surface area contributed by atoms with Crippen molar-refractivity contribution in [3.05, 3.63) is 65.6 Å². The lowest BCUT2D eigenvalue weighted by molar-refractivity contribution is 0.152. The molecule has 3 N–H and O–H groups in total. The second-order valence-electron chi connectivity index (χ2n) is 5.07. The van der Waals surface area contributed by atoms with Gasteiger partial charge in [-0.25, -0.2) is 0 Å². The Balaban J connectivity index is 2.04. The number of fused-ring (bicyclic) bond motifs is 1. The molecule has 0 aliphatic heterocycles. The van der Waals surface area contributed by atoms with Crippen LogP contribution in [0.2, 0.25) is 0 Å². The fraction of sp³-hybridized carbons (Fsp3) is 0.176. The Hall–Kier alpha value is -2.66. The molecule has 5 heteroatoms. The molecule has 0 unspecified atom stereocenters. The number of aromatic nitrogens is 2. The summed E-state index contributed by atoms with van der Waals surface area (Å²) in [6, 6.07) is 12.2. The summed E-state index contributed by atoms with van der Waals surface area (Å²) in [4.78, 5) is 12.8. The van der Waals surface area contributed by atoms with E-state index in [-0.39, 0.29) is 0 Å². The Morgan fingerprint density at radius 3 is 2.82 bits per heavy atom. The molecule has 0 fully saturated rings. The van der Waals surface area contributed by atoms with Gasteiger partial charge in [0.05, 0.1) is 17.4 Å². The van der Waals surface area contributed by atoms with Crippen molar-refractivity contribution in [1.29, 1.82) is 0 Å². The summed E-state index contributed by atoms with van der Waals surface area (Å²) in [5, 5.41) is 5.35. The molecule has 0 bridgehead atoms. The van der Waals surface area contributed by atoms with Crippen LogP contribution in [0.4, 0.5) is 0 Å². The third kappa shape index (κ3) is 2.99. The van der Waals surface area contributed by atoms with Gasteiger partial charge in [0.15, 0.2) is 0 Å². The van der Waals surface area contributed by atoms with Crippen LogP contribution in [0.25, 0.3) is 10.9 Å². The predicted octanol–water partition coefficient (Wildman–Crippen LogP) is 2.60. The third-order valence-corrected chi connectivity index (χ3v) is 3.37. The van der Waals surface area contributed by atoms with Crippen LogP contribution >= 0.6 is 0 Å². The van der Waals surface area contributed by atoms with Crippen molar-refractivity contribution in [3.8, 4) is 0 Å². The molecule has 1 aromatic carbocycles. The van der Waals surface area contributed by atoms with E-state index in [1.807, 2.05) is 24.3 Å². The van der Waals surface area contributed by atoms with Gasteiger partial charge in [-0.1, -0.05) is 35.0 Å². The van der Waals surface area contributed by atoms with Crippen molar-refractivity contribution < 1.29 is 4.84 Å². The van der Waals surface area contributed by atoms with Crippen LogP contribution in [0, 0.1) is 6.92 Å². The minimum absolute atomic E-state index is 0.386. The number of aryl methyl sites for hydroxylation is 1. The molecular weight excluding hydrogens is 276 g/mol. The summed E-state index contributed by atoms with van der Waals surface area (Å²) in [7, 11) is 0. The fourth-order valence-corrected chi connectivity index (χ4v) is 2.23. The van der Waals surface area contributed by atoms with Crippen molar-refractivity contribution in [3.63, 3.8) is 0 Å². The molecule has 112 valence electrons. The maximum atomic E-state index is 5.46. The van der Waals surface area contributed by atoms with Gasteiger partial charge in [0, 0.05) is 23.7 Å². The van der Waals surface area contributed by atoms with E-state index in [4.69, 9.17) is 10.6 Å². The molecule has 3 rings (SSSR count). The van der Waals surface area contributed by atoms with E-state index in [1.54, 1.807) is 12.4 Å². The molecule has 2 heterocycles. The quantitative estimate of drug-likeness (QED) is 0.431. The second-order valence-corrected chi connectivity index (χ2v) is 5.07. The molecule has 0 atom stereocenters. The van der Waals surface area contributed by atoms with Gasteiger partial charge < -0.3 is 15.6 Å². The molecule has 0 spiro atoms. The fourth-order valence-electron chi connectivity index (χ4n) is 2.23. The summed E-state index contributed by atoms with van der Waals surface area (Å²) in [5.41, 5.74) is 10.3. The topological polar surface area (TPSA) is 76.3 Å². The molecule has 5 nitrogen and oxygen atoms in total. The summed E-state index contributed by atoms with van der Waals surface area (Å²) < 4.78 is 0. The Morgan fingerprint density at radius 1 is 1.27 bits per heavy atom. The molecule has 0 amide bonds. The first-order chi connectivity index (χ1) is 10.8. The zero-order valence-electron chi connectivity index (χ0n) is 12.4. The predicted molar refractivity (Wildman–Crippen MR) is 87.9 cm³/mol. The number of pyridine rings is 1. The average molecular weight is 294 g/mol. The van der Waals surface area contributed by atoms with Crippen LogP contribution in [0.3, 0.4) is 0 Å². The van der Waals surface area contributed by atoms with E-state index >= 15 is 0 Å². The van der Waals surface area contributed by atoms with Gasteiger partial charge in [-0.3, -0.25) is 4.98 Å². The Bertz CT molecular complexity index is 757. The van der Waals surface area contributed by atoms with E-state index < -0.39 is 0 Å². The lowest BCUT2D eigenvalue weighted by Gasteiger charge is -2.05. The number of nitrogens with zero attached hydrogens (tertiary/aromatic N) is 2. The highest BCUT2D eigenvalue weighted by Crippen LogP contribution is 2.18. The van der Waals surface area contributed by atoms with Gasteiger partial charge in [0.1, 0.15) is 12.3 Å². The Kier molecular flexibility index (Phi) is 4.16. The van der Waals surface area contributed by atoms with Crippen molar-refractivity contribution in [2.24, 2.45) is 10.9 Å². The zero-order valence-corrected chi connectivity index (χ0v) is 12.4. The molecule has 0 saturated carbocycles. The van der Waals surface area contributed by atoms with Crippen molar-refractivity contribution >= 4 is 16.6 Å². The monoisotopic (exact) mass is 294 g/mol. The first-order valence-corrected chi connectivity index (χ1v) is 7.18. The maximum Gasteiger partial charge on any atom is 0.133 e. The van der Waals surface area contributed by atoms with Gasteiger partial charge in [0.25, 0.3) is 0 Å². The number of aromatic amines is 1. The maximum absolute atomic E-state index is 5.46. The van der Waals surface area contributed by atoms with Gasteiger partial charge in [-0.2, -0.15) is 0 Å². The van der Waals surface area contributed by atoms with Gasteiger partial charge in [-0.05, 0) is 19.1 Å². The van der Waals surface area contributed by atoms with Crippen LogP contribution in [-0.4, -0.2) is 28.8 Å². The standard InChI is InChI=1S/C17H18N4O/c1-12-2-4-13(5-3-12)17(21-22-9-7-18)15-10-14-6-8-19-11-16(14)20-15/h2-6,8,10-11,20H,7,9,18H2,1H3. The number of nitrogens with two attached hydrogens (primary N) is 1. The Labute approximate surface area is 128 Å². The van der Waals surface area contributed by atoms with Crippen molar-refractivity contribution in [2.45, 2.75) is 6.92 Å². The van der Waals surface area contributed by atoms with E-state index in [0.717, 1.165) is 27.9 Å². The first-order valence-electron chi connectivity index (χ1n) is 7.18. The van der Waals surface area contributed by atoms with E-state index in [1.165, 1.54) is 5.56 Å². The number of hydrogen-bond donors (Lipinski definition) is 2. The number of nitrogens with one attached hydrogen (secondary N) is 1. The molecule has 22 heavy (non-hydrogen) atoms. The summed E-state index contributed by atoms with van der Waals surface area (Å²) >= 11 is 0. The molecule has 0 radical (unpaired) electrons. The number of H-pyrrole nitrogens is 1. The Morgan fingerprint density at radius 2 is 2.09 bits per heavy atom. The molecular formula is C17H18N4O. The summed E-state index contributed by atoms with van der Waals surface area (Å²) in [5.74, 6) is 0. The minimum atomic E-state index is 0.386. The van der Waals surface area contributed by atoms with E-state index in [2.05, 4.69) is 34.2 Å². The van der Waals surface area contributed by atoms with Crippen molar-refractivity contribution in [1.82, 2.24) is 9.97 Å². The first kappa shape index (κ1) is 14.3. The highest BCUT2D eigenvalue weighted by molar-refractivity contribution is 6.13. The molecule has 0 saturated heterocycles. The molecule has 3 aromatic rings. The van der Waals surface area contributed by atoms with Gasteiger partial charge >= 0.3 is 0 Å². The second kappa shape index (κ2) is 6.41. The zero-order chi connectivity index (χ0) is 15.4. The lowest BCUT2D eigenvalue weighted by Crippen LogP contribution is -2.09. The van der Waals surface area contributed by atoms with Gasteiger partial charge in [0.2, 0.25) is 0 Å². The molecule has 2 aromatic heterocycles. The number of benzene rings is 1. The van der Waals surface area contributed by atoms with Crippen LogP contribution in [0.5, 0.6) is 0 Å². The summed E-state index contributed by atoms with van der Waals surface area (Å²) in [6.07, 6.45) is 3.57. The SMILES string of the molecule is Cc1ccc(C(=NOCCN)c2cc3ccncc3[nH]2)cc1. The average Bonchev–Trinajstić information content (AvgIpc) is 2.96. The van der Waals surface area contributed by atoms with Crippen LogP contribution in [0.1, 0.15) is 16.8 Å². The molecule has 0 aliphatic rings. The van der Waals surface area contributed by atoms with Crippen molar-refractivity contribution in [2.75, 3.05) is 13.2 Å². The number of rotatable bonds is 5. The smallest absolute Gasteiger partial charge is 0.133 e. The summed E-state index contributed by atoms with van der Waals surface area (Å²) in [6.45, 7) is 2.87. The number of hydrogen-bond acceptors (Lipinski definition) is 4. The van der Waals surface area contributed by atoms with Crippen LogP contribution < -0.4 is 5.73 Å². The normalized spacial score (nSPS) is 11.8. The molecule has 0 aliphatic carbocycles. The number of oxime groups is 1. The highest BCUT2D eigenvalue weighted by atomic mass is 16.6. The largest absolute Gasteiger partial charge is 0.394 e. The minimum Gasteiger partial charge on any atom is -0.394 e. The third-order valence-electron chi connectivity index (χ3n) is 3.37. The van der Waals surface area contributed by atoms with Crippen LogP contribution in [0.15, 0.2) is 53.9 Å². The lowest BCUT2D eigenvalue weighted by atomic mass is 10.1. The highest BCUT2D eigenvalue weighted by Gasteiger charge is 2.11.